The van der Waals surface area contributed by atoms with Gasteiger partial charge in [0.25, 0.3) is 0 Å². The zero-order chi connectivity index (χ0) is 13.9. The van der Waals surface area contributed by atoms with Gasteiger partial charge in [0.2, 0.25) is 5.69 Å². The molecule has 0 spiro atoms. The van der Waals surface area contributed by atoms with E-state index >= 15 is 0 Å². The summed E-state index contributed by atoms with van der Waals surface area (Å²) < 4.78 is 39.0. The lowest BCUT2D eigenvalue weighted by molar-refractivity contribution is -0.145. The SMILES string of the molecule is CCCC(C)Cn1nnc(C(=O)O)c1C(F)(F)F. The fourth-order valence-electron chi connectivity index (χ4n) is 1.74. The highest BCUT2D eigenvalue weighted by molar-refractivity contribution is 5.86. The van der Waals surface area contributed by atoms with Gasteiger partial charge in [0.05, 0.1) is 0 Å². The van der Waals surface area contributed by atoms with Gasteiger partial charge < -0.3 is 5.11 Å². The molecule has 0 aromatic carbocycles. The molecule has 8 heteroatoms. The minimum atomic E-state index is -4.77. The molecule has 1 N–H and O–H groups in total. The Morgan fingerprint density at radius 1 is 1.50 bits per heavy atom. The van der Waals surface area contributed by atoms with Crippen molar-refractivity contribution in [3.05, 3.63) is 11.4 Å². The van der Waals surface area contributed by atoms with Gasteiger partial charge in [-0.1, -0.05) is 25.5 Å². The van der Waals surface area contributed by atoms with Gasteiger partial charge in [0.15, 0.2) is 5.69 Å². The number of hydrogen-bond acceptors (Lipinski definition) is 3. The van der Waals surface area contributed by atoms with Crippen molar-refractivity contribution in [2.24, 2.45) is 5.92 Å². The van der Waals surface area contributed by atoms with Gasteiger partial charge in [-0.25, -0.2) is 9.48 Å². The van der Waals surface area contributed by atoms with Crippen molar-refractivity contribution in [2.45, 2.75) is 39.4 Å². The lowest BCUT2D eigenvalue weighted by Crippen LogP contribution is -2.20. The fourth-order valence-corrected chi connectivity index (χ4v) is 1.74. The molecular weight excluding hydrogens is 251 g/mol. The minimum absolute atomic E-state index is 0.00294. The largest absolute Gasteiger partial charge is 0.476 e. The number of rotatable bonds is 5. The summed E-state index contributed by atoms with van der Waals surface area (Å²) in [5, 5.41) is 15.0. The first-order valence-electron chi connectivity index (χ1n) is 5.51. The van der Waals surface area contributed by atoms with Crippen LogP contribution in [0.4, 0.5) is 13.2 Å². The number of carboxylic acids is 1. The van der Waals surface area contributed by atoms with E-state index in [0.717, 1.165) is 12.8 Å². The molecule has 0 bridgehead atoms. The van der Waals surface area contributed by atoms with Gasteiger partial charge in [-0.2, -0.15) is 13.2 Å². The third-order valence-electron chi connectivity index (χ3n) is 2.47. The van der Waals surface area contributed by atoms with Gasteiger partial charge in [0.1, 0.15) is 0 Å². The maximum atomic E-state index is 12.8. The first-order chi connectivity index (χ1) is 8.27. The molecule has 1 heterocycles. The molecule has 1 aromatic rings. The van der Waals surface area contributed by atoms with Crippen LogP contribution in [0.25, 0.3) is 0 Å². The molecule has 1 rings (SSSR count). The predicted molar refractivity (Wildman–Crippen MR) is 56.1 cm³/mol. The summed E-state index contributed by atoms with van der Waals surface area (Å²) in [4.78, 5) is 10.7. The van der Waals surface area contributed by atoms with Gasteiger partial charge in [-0.3, -0.25) is 0 Å². The molecule has 102 valence electrons. The Kier molecular flexibility index (Phi) is 4.31. The van der Waals surface area contributed by atoms with E-state index in [1.54, 1.807) is 6.92 Å². The third kappa shape index (κ3) is 3.21. The molecule has 0 aliphatic heterocycles. The van der Waals surface area contributed by atoms with E-state index in [0.29, 0.717) is 4.68 Å². The lowest BCUT2D eigenvalue weighted by atomic mass is 10.1. The van der Waals surface area contributed by atoms with Crippen LogP contribution in [0.1, 0.15) is 42.9 Å². The Hall–Kier alpha value is -1.60. The maximum absolute atomic E-state index is 12.8. The number of nitrogens with zero attached hydrogens (tertiary/aromatic N) is 3. The van der Waals surface area contributed by atoms with E-state index in [2.05, 4.69) is 10.3 Å². The molecule has 1 unspecified atom stereocenters. The zero-order valence-electron chi connectivity index (χ0n) is 10.0. The van der Waals surface area contributed by atoms with Gasteiger partial charge in [0, 0.05) is 6.54 Å². The molecule has 0 saturated carbocycles. The van der Waals surface area contributed by atoms with E-state index in [9.17, 15) is 18.0 Å². The quantitative estimate of drug-likeness (QED) is 0.887. The number of aromatic nitrogens is 3. The molecule has 0 amide bonds. The molecule has 5 nitrogen and oxygen atoms in total. The van der Waals surface area contributed by atoms with Gasteiger partial charge in [-0.05, 0) is 12.3 Å². The molecule has 0 saturated heterocycles. The summed E-state index contributed by atoms with van der Waals surface area (Å²) >= 11 is 0. The van der Waals surface area contributed by atoms with Crippen LogP contribution in [-0.2, 0) is 12.7 Å². The van der Waals surface area contributed by atoms with Crippen molar-refractivity contribution in [2.75, 3.05) is 0 Å². The van der Waals surface area contributed by atoms with Crippen molar-refractivity contribution in [1.82, 2.24) is 15.0 Å². The first kappa shape index (κ1) is 14.5. The van der Waals surface area contributed by atoms with Crippen LogP contribution in [0.5, 0.6) is 0 Å². The topological polar surface area (TPSA) is 68.0 Å². The fraction of sp³-hybridized carbons (Fsp3) is 0.700. The highest BCUT2D eigenvalue weighted by Gasteiger charge is 2.41. The van der Waals surface area contributed by atoms with Crippen molar-refractivity contribution in [3.63, 3.8) is 0 Å². The standard InChI is InChI=1S/C10H14F3N3O2/c1-3-4-6(2)5-16-8(10(11,12)13)7(9(17)18)14-15-16/h6H,3-5H2,1-2H3,(H,17,18). The van der Waals surface area contributed by atoms with Crippen LogP contribution < -0.4 is 0 Å². The Morgan fingerprint density at radius 2 is 2.11 bits per heavy atom. The van der Waals surface area contributed by atoms with Crippen LogP contribution >= 0.6 is 0 Å². The van der Waals surface area contributed by atoms with Crippen molar-refractivity contribution >= 4 is 5.97 Å². The second-order valence-corrected chi connectivity index (χ2v) is 4.17. The van der Waals surface area contributed by atoms with Crippen LogP contribution in [0.15, 0.2) is 0 Å². The second kappa shape index (κ2) is 5.36. The first-order valence-corrected chi connectivity index (χ1v) is 5.51. The highest BCUT2D eigenvalue weighted by atomic mass is 19.4. The molecular formula is C10H14F3N3O2. The predicted octanol–water partition coefficient (Wildman–Crippen LogP) is 2.43. The van der Waals surface area contributed by atoms with Crippen LogP contribution in [0.3, 0.4) is 0 Å². The summed E-state index contributed by atoms with van der Waals surface area (Å²) in [7, 11) is 0. The molecule has 0 radical (unpaired) electrons. The lowest BCUT2D eigenvalue weighted by Gasteiger charge is -2.13. The van der Waals surface area contributed by atoms with E-state index in [1.165, 1.54) is 0 Å². The number of halogens is 3. The average molecular weight is 265 g/mol. The number of aromatic carboxylic acids is 1. The Balaban J connectivity index is 3.09. The monoisotopic (exact) mass is 265 g/mol. The minimum Gasteiger partial charge on any atom is -0.476 e. The molecule has 0 aliphatic rings. The Bertz CT molecular complexity index is 428. The van der Waals surface area contributed by atoms with E-state index in [4.69, 9.17) is 5.11 Å². The number of carbonyl (C=O) groups is 1. The van der Waals surface area contributed by atoms with Gasteiger partial charge >= 0.3 is 12.1 Å². The Labute approximate surface area is 102 Å². The van der Waals surface area contributed by atoms with Crippen molar-refractivity contribution in [3.8, 4) is 0 Å². The normalized spacial score (nSPS) is 13.6. The molecule has 18 heavy (non-hydrogen) atoms. The third-order valence-corrected chi connectivity index (χ3v) is 2.47. The molecule has 0 aliphatic carbocycles. The van der Waals surface area contributed by atoms with Crippen LogP contribution in [0.2, 0.25) is 0 Å². The van der Waals surface area contributed by atoms with Crippen molar-refractivity contribution < 1.29 is 23.1 Å². The van der Waals surface area contributed by atoms with Crippen molar-refractivity contribution in [1.29, 1.82) is 0 Å². The van der Waals surface area contributed by atoms with Crippen LogP contribution in [-0.4, -0.2) is 26.1 Å². The molecule has 1 aromatic heterocycles. The van der Waals surface area contributed by atoms with E-state index < -0.39 is 23.5 Å². The molecule has 1 atom stereocenters. The number of alkyl halides is 3. The number of hydrogen-bond donors (Lipinski definition) is 1. The maximum Gasteiger partial charge on any atom is 0.435 e. The summed E-state index contributed by atoms with van der Waals surface area (Å²) in [5.74, 6) is -1.75. The average Bonchev–Trinajstić information content (AvgIpc) is 2.61. The number of carboxylic acid groups (broad SMARTS) is 1. The Morgan fingerprint density at radius 3 is 2.56 bits per heavy atom. The van der Waals surface area contributed by atoms with Crippen LogP contribution in [0, 0.1) is 5.92 Å². The second-order valence-electron chi connectivity index (χ2n) is 4.17. The zero-order valence-corrected chi connectivity index (χ0v) is 10.0. The van der Waals surface area contributed by atoms with Gasteiger partial charge in [-0.15, -0.1) is 5.10 Å². The summed E-state index contributed by atoms with van der Waals surface area (Å²) in [5.41, 5.74) is -2.34. The molecule has 0 fully saturated rings. The van der Waals surface area contributed by atoms with E-state index in [-0.39, 0.29) is 12.5 Å². The smallest absolute Gasteiger partial charge is 0.435 e. The summed E-state index contributed by atoms with van der Waals surface area (Å²) in [6.45, 7) is 3.71. The summed E-state index contributed by atoms with van der Waals surface area (Å²) in [6.07, 6.45) is -3.20. The van der Waals surface area contributed by atoms with E-state index in [1.807, 2.05) is 6.92 Å². The highest BCUT2D eigenvalue weighted by Crippen LogP contribution is 2.31. The summed E-state index contributed by atoms with van der Waals surface area (Å²) in [6, 6.07) is 0.